The van der Waals surface area contributed by atoms with E-state index in [0.29, 0.717) is 43.8 Å². The van der Waals surface area contributed by atoms with Crippen LogP contribution in [0.5, 0.6) is 0 Å². The molecule has 0 aliphatic carbocycles. The van der Waals surface area contributed by atoms with Gasteiger partial charge in [-0.1, -0.05) is 60.7 Å². The first-order valence-corrected chi connectivity index (χ1v) is 14.4. The molecule has 1 amide bonds. The molecule has 2 aromatic heterocycles. The minimum atomic E-state index is -1.11. The number of benzene rings is 2. The smallest absolute Gasteiger partial charge is 0.280 e. The van der Waals surface area contributed by atoms with E-state index in [4.69, 9.17) is 0 Å². The number of nitrogens with one attached hydrogen (secondary N) is 2. The standard InChI is InChI=1S/C32H36N6O3/c39-30(25-13-16-33-20-26(25)24-9-5-2-6-10-24)37-17-14-32(41,15-18-37)21-38-22-35-27-11-12-28(36-29(27)31(38)40)34-19-23-7-3-1-4-8-23/h1-12,22,25-26,33,41H,13-21H2,(H,34,36)/t25-,26+/m1/s1. The van der Waals surface area contributed by atoms with Gasteiger partial charge >= 0.3 is 0 Å². The molecule has 4 heterocycles. The SMILES string of the molecule is O=C([C@@H]1CCNC[C@H]1c1ccccc1)N1CCC(O)(Cn2cnc3ccc(NCc4ccccc4)nc3c2=O)CC1. The van der Waals surface area contributed by atoms with Gasteiger partial charge in [0.1, 0.15) is 5.82 Å². The molecule has 9 nitrogen and oxygen atoms in total. The van der Waals surface area contributed by atoms with E-state index in [9.17, 15) is 14.7 Å². The van der Waals surface area contributed by atoms with E-state index in [1.165, 1.54) is 16.5 Å². The van der Waals surface area contributed by atoms with E-state index >= 15 is 0 Å². The molecule has 0 radical (unpaired) electrons. The van der Waals surface area contributed by atoms with Crippen LogP contribution in [-0.2, 0) is 17.9 Å². The van der Waals surface area contributed by atoms with Crippen LogP contribution in [0.15, 0.2) is 83.9 Å². The Kier molecular flexibility index (Phi) is 7.80. The van der Waals surface area contributed by atoms with Crippen molar-refractivity contribution >= 4 is 22.8 Å². The van der Waals surface area contributed by atoms with Crippen LogP contribution >= 0.6 is 0 Å². The number of amides is 1. The van der Waals surface area contributed by atoms with Crippen molar-refractivity contribution in [2.24, 2.45) is 5.92 Å². The third-order valence-corrected chi connectivity index (χ3v) is 8.49. The fourth-order valence-corrected chi connectivity index (χ4v) is 6.09. The van der Waals surface area contributed by atoms with Crippen molar-refractivity contribution in [3.8, 4) is 0 Å². The van der Waals surface area contributed by atoms with Gasteiger partial charge in [0.05, 0.1) is 24.0 Å². The summed E-state index contributed by atoms with van der Waals surface area (Å²) >= 11 is 0. The lowest BCUT2D eigenvalue weighted by atomic mass is 9.80. The Bertz CT molecular complexity index is 1550. The molecule has 2 fully saturated rings. The average molecular weight is 553 g/mol. The highest BCUT2D eigenvalue weighted by Crippen LogP contribution is 2.33. The van der Waals surface area contributed by atoms with Crippen molar-refractivity contribution in [3.63, 3.8) is 0 Å². The van der Waals surface area contributed by atoms with E-state index in [-0.39, 0.29) is 35.4 Å². The molecule has 0 bridgehead atoms. The Balaban J connectivity index is 1.12. The van der Waals surface area contributed by atoms with Gasteiger partial charge in [-0.15, -0.1) is 0 Å². The van der Waals surface area contributed by atoms with Gasteiger partial charge in [0.2, 0.25) is 5.91 Å². The van der Waals surface area contributed by atoms with Crippen molar-refractivity contribution in [3.05, 3.63) is 101 Å². The Labute approximate surface area is 239 Å². The van der Waals surface area contributed by atoms with Crippen LogP contribution in [-0.4, -0.2) is 62.2 Å². The van der Waals surface area contributed by atoms with E-state index in [1.807, 2.05) is 59.5 Å². The molecular weight excluding hydrogens is 516 g/mol. The summed E-state index contributed by atoms with van der Waals surface area (Å²) in [6.07, 6.45) is 3.08. The highest BCUT2D eigenvalue weighted by Gasteiger charge is 2.39. The lowest BCUT2D eigenvalue weighted by Gasteiger charge is -2.41. The highest BCUT2D eigenvalue weighted by atomic mass is 16.3. The first-order valence-electron chi connectivity index (χ1n) is 14.4. The largest absolute Gasteiger partial charge is 0.388 e. The number of rotatable bonds is 7. The van der Waals surface area contributed by atoms with Crippen molar-refractivity contribution in [1.29, 1.82) is 0 Å². The molecule has 2 aliphatic heterocycles. The number of anilines is 1. The Morgan fingerprint density at radius 2 is 1.76 bits per heavy atom. The summed E-state index contributed by atoms with van der Waals surface area (Å²) in [7, 11) is 0. The number of carbonyl (C=O) groups excluding carboxylic acids is 1. The summed E-state index contributed by atoms with van der Waals surface area (Å²) < 4.78 is 1.45. The van der Waals surface area contributed by atoms with Crippen LogP contribution in [0.3, 0.4) is 0 Å². The van der Waals surface area contributed by atoms with E-state index in [2.05, 4.69) is 32.7 Å². The monoisotopic (exact) mass is 552 g/mol. The quantitative estimate of drug-likeness (QED) is 0.323. The van der Waals surface area contributed by atoms with Crippen molar-refractivity contribution in [2.75, 3.05) is 31.5 Å². The van der Waals surface area contributed by atoms with Gasteiger partial charge in [-0.25, -0.2) is 9.97 Å². The maximum atomic E-state index is 13.6. The Morgan fingerprint density at radius 3 is 2.51 bits per heavy atom. The second kappa shape index (κ2) is 11.8. The molecule has 9 heteroatoms. The first kappa shape index (κ1) is 27.1. The van der Waals surface area contributed by atoms with E-state index in [1.54, 1.807) is 6.07 Å². The predicted octanol–water partition coefficient (Wildman–Crippen LogP) is 3.15. The van der Waals surface area contributed by atoms with Gasteiger partial charge < -0.3 is 20.6 Å². The van der Waals surface area contributed by atoms with Crippen molar-refractivity contribution < 1.29 is 9.90 Å². The van der Waals surface area contributed by atoms with Gasteiger partial charge in [-0.3, -0.25) is 14.2 Å². The maximum Gasteiger partial charge on any atom is 0.280 e. The number of hydrogen-bond acceptors (Lipinski definition) is 7. The average Bonchev–Trinajstić information content (AvgIpc) is 3.02. The third-order valence-electron chi connectivity index (χ3n) is 8.49. The second-order valence-electron chi connectivity index (χ2n) is 11.2. The number of likely N-dealkylation sites (tertiary alicyclic amines) is 1. The molecule has 2 aromatic carbocycles. The molecule has 3 N–H and O–H groups in total. The number of pyridine rings is 1. The second-order valence-corrected chi connectivity index (χ2v) is 11.2. The number of aromatic nitrogens is 3. The third kappa shape index (κ3) is 6.01. The zero-order valence-corrected chi connectivity index (χ0v) is 23.1. The van der Waals surface area contributed by atoms with E-state index in [0.717, 1.165) is 25.1 Å². The van der Waals surface area contributed by atoms with Gasteiger partial charge in [-0.05, 0) is 49.1 Å². The number of aliphatic hydroxyl groups is 1. The molecule has 41 heavy (non-hydrogen) atoms. The van der Waals surface area contributed by atoms with Crippen molar-refractivity contribution in [1.82, 2.24) is 24.8 Å². The molecule has 212 valence electrons. The zero-order valence-electron chi connectivity index (χ0n) is 23.1. The fourth-order valence-electron chi connectivity index (χ4n) is 6.09. The van der Waals surface area contributed by atoms with Gasteiger partial charge in [0, 0.05) is 38.0 Å². The molecule has 2 saturated heterocycles. The van der Waals surface area contributed by atoms with Crippen LogP contribution in [0, 0.1) is 5.92 Å². The minimum Gasteiger partial charge on any atom is -0.388 e. The summed E-state index contributed by atoms with van der Waals surface area (Å²) in [5.41, 5.74) is 1.68. The number of fused-ring (bicyclic) bond motifs is 1. The fraction of sp³-hybridized carbons (Fsp3) is 0.375. The van der Waals surface area contributed by atoms with Gasteiger partial charge in [0.25, 0.3) is 5.56 Å². The topological polar surface area (TPSA) is 112 Å². The molecule has 2 aliphatic rings. The Morgan fingerprint density at radius 1 is 1.02 bits per heavy atom. The molecule has 0 saturated carbocycles. The van der Waals surface area contributed by atoms with Crippen molar-refractivity contribution in [2.45, 2.75) is 43.9 Å². The summed E-state index contributed by atoms with van der Waals surface area (Å²) in [4.78, 5) is 37.9. The van der Waals surface area contributed by atoms with E-state index < -0.39 is 5.60 Å². The van der Waals surface area contributed by atoms with Gasteiger partial charge in [0.15, 0.2) is 5.52 Å². The van der Waals surface area contributed by atoms with Crippen LogP contribution in [0.4, 0.5) is 5.82 Å². The Hall–Kier alpha value is -4.08. The lowest BCUT2D eigenvalue weighted by Crippen LogP contribution is -2.52. The molecule has 2 atom stereocenters. The van der Waals surface area contributed by atoms with Crippen LogP contribution in [0.1, 0.15) is 36.3 Å². The van der Waals surface area contributed by atoms with Gasteiger partial charge in [-0.2, -0.15) is 0 Å². The maximum absolute atomic E-state index is 13.6. The molecule has 6 rings (SSSR count). The highest BCUT2D eigenvalue weighted by molar-refractivity contribution is 5.80. The minimum absolute atomic E-state index is 0.0760. The van der Waals surface area contributed by atoms with Crippen LogP contribution in [0.2, 0.25) is 0 Å². The summed E-state index contributed by atoms with van der Waals surface area (Å²) in [5, 5.41) is 18.2. The lowest BCUT2D eigenvalue weighted by molar-refractivity contribution is -0.141. The number of hydrogen-bond donors (Lipinski definition) is 3. The van der Waals surface area contributed by atoms with Crippen LogP contribution in [0.25, 0.3) is 11.0 Å². The molecule has 0 spiro atoms. The summed E-state index contributed by atoms with van der Waals surface area (Å²) in [6, 6.07) is 23.8. The molecule has 4 aromatic rings. The summed E-state index contributed by atoms with van der Waals surface area (Å²) in [5.74, 6) is 0.815. The predicted molar refractivity (Wildman–Crippen MR) is 158 cm³/mol. The number of nitrogens with zero attached hydrogens (tertiary/aromatic N) is 4. The normalized spacial score (nSPS) is 20.6. The zero-order chi connectivity index (χ0) is 28.2. The number of carbonyl (C=O) groups is 1. The molecular formula is C32H36N6O3. The number of piperidine rings is 2. The molecule has 0 unspecified atom stereocenters. The summed E-state index contributed by atoms with van der Waals surface area (Å²) in [6.45, 7) is 3.23. The van der Waals surface area contributed by atoms with Crippen LogP contribution < -0.4 is 16.2 Å². The first-order chi connectivity index (χ1) is 20.0.